The Balaban J connectivity index is 4.05. The highest BCUT2D eigenvalue weighted by Crippen LogP contribution is 2.38. The summed E-state index contributed by atoms with van der Waals surface area (Å²) in [6.45, 7) is 4.13. The Bertz CT molecular complexity index is 1400. The van der Waals surface area contributed by atoms with Gasteiger partial charge in [-0.25, -0.2) is 0 Å². The lowest BCUT2D eigenvalue weighted by Crippen LogP contribution is -2.37. The van der Waals surface area contributed by atoms with Crippen LogP contribution in [0, 0.1) is 0 Å². The molecule has 0 aliphatic rings. The van der Waals surface area contributed by atoms with Crippen molar-refractivity contribution in [1.82, 2.24) is 0 Å². The van der Waals surface area contributed by atoms with Gasteiger partial charge in [-0.15, -0.1) is 0 Å². The molecule has 2 unspecified atom stereocenters. The monoisotopic (exact) mass is 988 g/mol. The number of nitrogens with zero attached hydrogens (tertiary/aromatic N) is 1. The molecule has 0 heterocycles. The lowest BCUT2D eigenvalue weighted by atomic mass is 10.0. The van der Waals surface area contributed by atoms with Crippen molar-refractivity contribution in [2.45, 2.75) is 245 Å². The Labute approximate surface area is 425 Å². The van der Waals surface area contributed by atoms with Crippen LogP contribution in [0.1, 0.15) is 239 Å². The first kappa shape index (κ1) is 66.5. The van der Waals surface area contributed by atoms with Crippen molar-refractivity contribution in [2.75, 3.05) is 47.5 Å². The molecule has 0 fully saturated rings. The van der Waals surface area contributed by atoms with Crippen LogP contribution in [-0.4, -0.2) is 70.0 Å². The summed E-state index contributed by atoms with van der Waals surface area (Å²) in [7, 11) is 1.17. The van der Waals surface area contributed by atoms with E-state index in [1.165, 1.54) is 128 Å². The van der Waals surface area contributed by atoms with E-state index in [1.54, 1.807) is 0 Å². The van der Waals surface area contributed by atoms with Gasteiger partial charge in [0.1, 0.15) is 19.8 Å². The molecule has 0 aromatic heterocycles. The Morgan fingerprint density at radius 2 is 0.826 bits per heavy atom. The van der Waals surface area contributed by atoms with Crippen LogP contribution in [0.15, 0.2) is 72.9 Å². The molecule has 400 valence electrons. The van der Waals surface area contributed by atoms with E-state index in [0.29, 0.717) is 17.4 Å². The summed E-state index contributed by atoms with van der Waals surface area (Å²) in [6, 6.07) is 0. The van der Waals surface area contributed by atoms with Crippen LogP contribution in [-0.2, 0) is 32.7 Å². The van der Waals surface area contributed by atoms with E-state index in [0.717, 1.165) is 77.0 Å². The molecule has 0 bridgehead atoms. The highest BCUT2D eigenvalue weighted by atomic mass is 31.2. The minimum absolute atomic E-state index is 0.0312. The maximum Gasteiger partial charge on any atom is 0.306 e. The number of likely N-dealkylation sites (N-methyl/N-ethyl adjacent to an activating group) is 1. The zero-order valence-corrected chi connectivity index (χ0v) is 46.1. The van der Waals surface area contributed by atoms with Gasteiger partial charge in [-0.05, 0) is 64.2 Å². The summed E-state index contributed by atoms with van der Waals surface area (Å²) in [4.78, 5) is 37.7. The molecule has 0 aliphatic carbocycles. The predicted octanol–water partition coefficient (Wildman–Crippen LogP) is 16.7. The number of carbonyl (C=O) groups is 2. The van der Waals surface area contributed by atoms with Crippen LogP contribution in [0.4, 0.5) is 0 Å². The van der Waals surface area contributed by atoms with E-state index < -0.39 is 26.5 Å². The average molecular weight is 988 g/mol. The smallest absolute Gasteiger partial charge is 0.306 e. The van der Waals surface area contributed by atoms with Gasteiger partial charge in [-0.1, -0.05) is 234 Å². The van der Waals surface area contributed by atoms with E-state index in [4.69, 9.17) is 18.5 Å². The molecule has 9 nitrogen and oxygen atoms in total. The molecule has 0 rings (SSSR count). The molecule has 0 radical (unpaired) electrons. The standard InChI is InChI=1S/C59H106NO8P/c1-6-8-10-12-14-16-18-20-21-22-23-24-25-26-27-28-29-30-31-32-33-34-35-36-37-38-39-40-42-44-46-48-50-52-59(62)68-57(56-67-69(63,64)66-54-53-60(3,4)5)55-65-58(61)51-49-47-45-43-41-19-17-15-13-11-9-7-2/h8,10,14,16,20-21,23-24,26-27,29-30,57H,6-7,9,11-13,15,17-19,22,25,28,31-56H2,1-5H3/b10-8-,16-14-,21-20-,24-23-,27-26-,30-29-. The minimum atomic E-state index is -4.63. The van der Waals surface area contributed by atoms with Crippen molar-refractivity contribution < 1.29 is 42.1 Å². The van der Waals surface area contributed by atoms with E-state index in [1.807, 2.05) is 21.1 Å². The second kappa shape index (κ2) is 50.4. The molecule has 0 spiro atoms. The number of allylic oxidation sites excluding steroid dienone is 12. The third-order valence-corrected chi connectivity index (χ3v) is 13.0. The van der Waals surface area contributed by atoms with Gasteiger partial charge in [-0.3, -0.25) is 14.2 Å². The van der Waals surface area contributed by atoms with Crippen LogP contribution in [0.2, 0.25) is 0 Å². The molecule has 0 amide bonds. The second-order valence-corrected chi connectivity index (χ2v) is 21.3. The van der Waals surface area contributed by atoms with Crippen LogP contribution in [0.3, 0.4) is 0 Å². The number of hydrogen-bond donors (Lipinski definition) is 0. The van der Waals surface area contributed by atoms with Gasteiger partial charge in [-0.2, -0.15) is 0 Å². The fourth-order valence-corrected chi connectivity index (χ4v) is 8.39. The second-order valence-electron chi connectivity index (χ2n) is 19.9. The van der Waals surface area contributed by atoms with Gasteiger partial charge in [0.15, 0.2) is 6.10 Å². The quantitative estimate of drug-likeness (QED) is 0.0195. The summed E-state index contributed by atoms with van der Waals surface area (Å²) in [5.41, 5.74) is 0. The Morgan fingerprint density at radius 1 is 0.464 bits per heavy atom. The predicted molar refractivity (Wildman–Crippen MR) is 291 cm³/mol. The Morgan fingerprint density at radius 3 is 1.23 bits per heavy atom. The highest BCUT2D eigenvalue weighted by molar-refractivity contribution is 7.45. The zero-order valence-electron chi connectivity index (χ0n) is 45.2. The summed E-state index contributed by atoms with van der Waals surface area (Å²) in [5.74, 6) is -0.830. The average Bonchev–Trinajstić information content (AvgIpc) is 3.31. The van der Waals surface area contributed by atoms with E-state index >= 15 is 0 Å². The SMILES string of the molecule is CC/C=C\C/C=C\C/C=C\C/C=C\C/C=C\C/C=C\CCCCCCCCCCCCCCCCC(=O)OC(COC(=O)CCCCCCCCCCCCCC)COP(=O)([O-])OCC[N+](C)(C)C. The normalized spacial score (nSPS) is 13.9. The number of esters is 2. The first-order valence-corrected chi connectivity index (χ1v) is 29.6. The van der Waals surface area contributed by atoms with Crippen molar-refractivity contribution in [3.05, 3.63) is 72.9 Å². The van der Waals surface area contributed by atoms with E-state index in [-0.39, 0.29) is 32.0 Å². The number of hydrogen-bond acceptors (Lipinski definition) is 8. The first-order valence-electron chi connectivity index (χ1n) is 28.1. The van der Waals surface area contributed by atoms with Crippen LogP contribution >= 0.6 is 7.82 Å². The zero-order chi connectivity index (χ0) is 50.6. The lowest BCUT2D eigenvalue weighted by molar-refractivity contribution is -0.870. The molecular weight excluding hydrogens is 882 g/mol. The molecule has 0 aromatic rings. The molecule has 10 heteroatoms. The number of unbranched alkanes of at least 4 members (excludes halogenated alkanes) is 25. The summed E-state index contributed by atoms with van der Waals surface area (Å²) >= 11 is 0. The maximum atomic E-state index is 12.8. The highest BCUT2D eigenvalue weighted by Gasteiger charge is 2.21. The van der Waals surface area contributed by atoms with Gasteiger partial charge < -0.3 is 27.9 Å². The van der Waals surface area contributed by atoms with Crippen molar-refractivity contribution in [3.63, 3.8) is 0 Å². The van der Waals surface area contributed by atoms with Crippen LogP contribution in [0.25, 0.3) is 0 Å². The van der Waals surface area contributed by atoms with E-state index in [2.05, 4.69) is 86.8 Å². The molecule has 2 atom stereocenters. The van der Waals surface area contributed by atoms with Gasteiger partial charge in [0.25, 0.3) is 7.82 Å². The van der Waals surface area contributed by atoms with Gasteiger partial charge >= 0.3 is 11.9 Å². The van der Waals surface area contributed by atoms with Crippen molar-refractivity contribution >= 4 is 19.8 Å². The summed E-state index contributed by atoms with van der Waals surface area (Å²) in [5, 5.41) is 0. The minimum Gasteiger partial charge on any atom is -0.756 e. The fraction of sp³-hybridized carbons (Fsp3) is 0.763. The summed E-state index contributed by atoms with van der Waals surface area (Å²) < 4.78 is 34.1. The maximum absolute atomic E-state index is 12.8. The molecule has 69 heavy (non-hydrogen) atoms. The number of rotatable bonds is 51. The third-order valence-electron chi connectivity index (χ3n) is 12.0. The van der Waals surface area contributed by atoms with Crippen molar-refractivity contribution in [1.29, 1.82) is 0 Å². The molecular formula is C59H106NO8P. The number of quaternary nitrogens is 1. The number of carbonyl (C=O) groups excluding carboxylic acids is 2. The van der Waals surface area contributed by atoms with Crippen LogP contribution in [0.5, 0.6) is 0 Å². The third kappa shape index (κ3) is 54.6. The number of ether oxygens (including phenoxy) is 2. The topological polar surface area (TPSA) is 111 Å². The lowest BCUT2D eigenvalue weighted by Gasteiger charge is -2.28. The number of phosphoric acid groups is 1. The fourth-order valence-electron chi connectivity index (χ4n) is 7.66. The largest absolute Gasteiger partial charge is 0.756 e. The molecule has 0 aromatic carbocycles. The van der Waals surface area contributed by atoms with Crippen molar-refractivity contribution in [3.8, 4) is 0 Å². The summed E-state index contributed by atoms with van der Waals surface area (Å²) in [6.07, 6.45) is 65.2. The van der Waals surface area contributed by atoms with Gasteiger partial charge in [0, 0.05) is 12.8 Å². The Kier molecular flexibility index (Phi) is 48.5. The molecule has 0 aliphatic heterocycles. The van der Waals surface area contributed by atoms with Gasteiger partial charge in [0.2, 0.25) is 0 Å². The van der Waals surface area contributed by atoms with Crippen molar-refractivity contribution in [2.24, 2.45) is 0 Å². The van der Waals surface area contributed by atoms with Crippen LogP contribution < -0.4 is 4.89 Å². The van der Waals surface area contributed by atoms with Gasteiger partial charge in [0.05, 0.1) is 27.7 Å². The molecule has 0 saturated heterocycles. The molecule has 0 saturated carbocycles. The Hall–Kier alpha value is -2.55. The van der Waals surface area contributed by atoms with E-state index in [9.17, 15) is 19.0 Å². The number of phosphoric ester groups is 1. The molecule has 0 N–H and O–H groups in total. The first-order chi connectivity index (χ1) is 33.5.